The molecule has 0 radical (unpaired) electrons. The van der Waals surface area contributed by atoms with Crippen molar-refractivity contribution < 1.29 is 9.18 Å². The van der Waals surface area contributed by atoms with Crippen LogP contribution in [0.2, 0.25) is 0 Å². The number of aryl methyl sites for hydroxylation is 1. The molecule has 0 atom stereocenters. The summed E-state index contributed by atoms with van der Waals surface area (Å²) in [4.78, 5) is 20.3. The molecule has 1 aliphatic rings. The second-order valence-electron chi connectivity index (χ2n) is 7.49. The molecule has 0 bridgehead atoms. The third kappa shape index (κ3) is 5.99. The molecule has 3 N–H and O–H groups in total. The number of benzene rings is 1. The Kier molecular flexibility index (Phi) is 7.75. The normalized spacial score (nSPS) is 14.0. The summed E-state index contributed by atoms with van der Waals surface area (Å²) < 4.78 is 18.7. The van der Waals surface area contributed by atoms with Crippen LogP contribution in [0.5, 0.6) is 0 Å². The molecular weight excluding hydrogens is 403 g/mol. The van der Waals surface area contributed by atoms with Gasteiger partial charge >= 0.3 is 6.03 Å². The Labute approximate surface area is 180 Å². The molecule has 9 heteroatoms. The summed E-state index contributed by atoms with van der Waals surface area (Å²) in [6, 6.07) is 5.19. The zero-order valence-corrected chi connectivity index (χ0v) is 18.3. The SMILES string of the molecule is Cc1nsc(NC(=O)N2CCC(=Cc3ccc(N(C)CCCCN)cc3F)CC2)n1. The number of carbonyl (C=O) groups is 1. The molecule has 2 aromatic rings. The third-order valence-corrected chi connectivity index (χ3v) is 5.89. The zero-order valence-electron chi connectivity index (χ0n) is 17.5. The van der Waals surface area contributed by atoms with E-state index in [1.165, 1.54) is 11.5 Å². The van der Waals surface area contributed by atoms with Gasteiger partial charge in [0.05, 0.1) is 0 Å². The summed E-state index contributed by atoms with van der Waals surface area (Å²) in [5.74, 6) is 0.423. The fourth-order valence-corrected chi connectivity index (χ4v) is 3.94. The highest BCUT2D eigenvalue weighted by Crippen LogP contribution is 2.24. The van der Waals surface area contributed by atoms with Crippen LogP contribution in [-0.2, 0) is 0 Å². The van der Waals surface area contributed by atoms with Gasteiger partial charge in [0, 0.05) is 49.5 Å². The summed E-state index contributed by atoms with van der Waals surface area (Å²) in [7, 11) is 1.97. The van der Waals surface area contributed by atoms with Gasteiger partial charge < -0.3 is 15.5 Å². The van der Waals surface area contributed by atoms with Crippen LogP contribution in [-0.4, -0.2) is 53.5 Å². The highest BCUT2D eigenvalue weighted by atomic mass is 32.1. The van der Waals surface area contributed by atoms with Gasteiger partial charge in [-0.05, 0) is 57.4 Å². The number of anilines is 2. The second-order valence-corrected chi connectivity index (χ2v) is 8.24. The molecule has 0 spiro atoms. The van der Waals surface area contributed by atoms with Gasteiger partial charge in [-0.25, -0.2) is 14.2 Å². The molecule has 0 saturated carbocycles. The van der Waals surface area contributed by atoms with Crippen molar-refractivity contribution in [3.63, 3.8) is 0 Å². The van der Waals surface area contributed by atoms with Crippen LogP contribution in [0.3, 0.4) is 0 Å². The quantitative estimate of drug-likeness (QED) is 0.649. The molecule has 0 unspecified atom stereocenters. The summed E-state index contributed by atoms with van der Waals surface area (Å²) in [6.07, 6.45) is 5.32. The predicted octanol–water partition coefficient (Wildman–Crippen LogP) is 3.87. The van der Waals surface area contributed by atoms with E-state index < -0.39 is 0 Å². The van der Waals surface area contributed by atoms with E-state index in [1.54, 1.807) is 17.9 Å². The Balaban J connectivity index is 1.54. The van der Waals surface area contributed by atoms with Crippen molar-refractivity contribution >= 4 is 34.5 Å². The van der Waals surface area contributed by atoms with E-state index >= 15 is 0 Å². The first-order valence-electron chi connectivity index (χ1n) is 10.2. The van der Waals surface area contributed by atoms with Crippen molar-refractivity contribution in [3.05, 3.63) is 41.0 Å². The first-order valence-corrected chi connectivity index (χ1v) is 11.0. The summed E-state index contributed by atoms with van der Waals surface area (Å²) in [6.45, 7) is 4.51. The largest absolute Gasteiger partial charge is 0.375 e. The van der Waals surface area contributed by atoms with Gasteiger partial charge in [-0.2, -0.15) is 4.37 Å². The van der Waals surface area contributed by atoms with Crippen LogP contribution >= 0.6 is 11.5 Å². The molecule has 1 fully saturated rings. The van der Waals surface area contributed by atoms with Crippen LogP contribution in [0, 0.1) is 12.7 Å². The number of amides is 2. The maximum Gasteiger partial charge on any atom is 0.323 e. The molecule has 1 saturated heterocycles. The Morgan fingerprint density at radius 3 is 2.77 bits per heavy atom. The van der Waals surface area contributed by atoms with Crippen LogP contribution in [0.15, 0.2) is 23.8 Å². The van der Waals surface area contributed by atoms with E-state index in [4.69, 9.17) is 5.73 Å². The van der Waals surface area contributed by atoms with Crippen LogP contribution < -0.4 is 16.0 Å². The number of unbranched alkanes of at least 4 members (excludes halogenated alkanes) is 1. The fraction of sp³-hybridized carbons (Fsp3) is 0.476. The molecule has 162 valence electrons. The molecule has 1 aromatic heterocycles. The Morgan fingerprint density at radius 1 is 1.37 bits per heavy atom. The monoisotopic (exact) mass is 432 g/mol. The lowest BCUT2D eigenvalue weighted by Gasteiger charge is -2.28. The molecule has 2 amide bonds. The van der Waals surface area contributed by atoms with Gasteiger partial charge in [0.2, 0.25) is 5.13 Å². The smallest absolute Gasteiger partial charge is 0.323 e. The first-order chi connectivity index (χ1) is 14.5. The van der Waals surface area contributed by atoms with Crippen molar-refractivity contribution in [1.82, 2.24) is 14.3 Å². The van der Waals surface area contributed by atoms with E-state index in [0.29, 0.717) is 36.2 Å². The molecule has 30 heavy (non-hydrogen) atoms. The lowest BCUT2D eigenvalue weighted by atomic mass is 10.0. The molecular formula is C21H29FN6OS. The summed E-state index contributed by atoms with van der Waals surface area (Å²) in [5, 5.41) is 3.29. The molecule has 1 aromatic carbocycles. The van der Waals surface area contributed by atoms with Crippen molar-refractivity contribution in [1.29, 1.82) is 0 Å². The van der Waals surface area contributed by atoms with Gasteiger partial charge in [0.25, 0.3) is 0 Å². The molecule has 7 nitrogen and oxygen atoms in total. The fourth-order valence-electron chi connectivity index (χ4n) is 3.37. The van der Waals surface area contributed by atoms with Crippen LogP contribution in [0.4, 0.5) is 20.0 Å². The maximum absolute atomic E-state index is 14.6. The van der Waals surface area contributed by atoms with Crippen molar-refractivity contribution in [2.75, 3.05) is 43.4 Å². The number of nitrogens with zero attached hydrogens (tertiary/aromatic N) is 4. The van der Waals surface area contributed by atoms with Crippen molar-refractivity contribution in [3.8, 4) is 0 Å². The van der Waals surface area contributed by atoms with Crippen LogP contribution in [0.1, 0.15) is 37.1 Å². The Bertz CT molecular complexity index is 889. The van der Waals surface area contributed by atoms with Crippen LogP contribution in [0.25, 0.3) is 6.08 Å². The summed E-state index contributed by atoms with van der Waals surface area (Å²) >= 11 is 1.17. The maximum atomic E-state index is 14.6. The number of aromatic nitrogens is 2. The van der Waals surface area contributed by atoms with E-state index in [-0.39, 0.29) is 11.8 Å². The number of likely N-dealkylation sites (tertiary alicyclic amines) is 1. The van der Waals surface area contributed by atoms with Gasteiger partial charge in [-0.15, -0.1) is 0 Å². The third-order valence-electron chi connectivity index (χ3n) is 5.17. The average Bonchev–Trinajstić information content (AvgIpc) is 3.14. The molecule has 1 aliphatic heterocycles. The minimum Gasteiger partial charge on any atom is -0.375 e. The Morgan fingerprint density at radius 2 is 2.13 bits per heavy atom. The summed E-state index contributed by atoms with van der Waals surface area (Å²) in [5.41, 5.74) is 8.13. The van der Waals surface area contributed by atoms with Gasteiger partial charge in [0.15, 0.2) is 0 Å². The zero-order chi connectivity index (χ0) is 21.5. The predicted molar refractivity (Wildman–Crippen MR) is 120 cm³/mol. The lowest BCUT2D eigenvalue weighted by Crippen LogP contribution is -2.39. The van der Waals surface area contributed by atoms with E-state index in [1.807, 2.05) is 30.2 Å². The van der Waals surface area contributed by atoms with E-state index in [9.17, 15) is 9.18 Å². The highest BCUT2D eigenvalue weighted by Gasteiger charge is 2.20. The van der Waals surface area contributed by atoms with Crippen molar-refractivity contribution in [2.24, 2.45) is 5.73 Å². The minimum absolute atomic E-state index is 0.168. The standard InChI is InChI=1S/C21H29FN6OS/c1-15-24-20(30-26-15)25-21(29)28-11-7-16(8-12-28)13-17-5-6-18(14-19(17)22)27(2)10-4-3-9-23/h5-6,13-14H,3-4,7-12,23H2,1-2H3,(H,24,25,26,29). The molecule has 0 aliphatic carbocycles. The topological polar surface area (TPSA) is 87.4 Å². The van der Waals surface area contributed by atoms with Crippen molar-refractivity contribution in [2.45, 2.75) is 32.6 Å². The number of urea groups is 1. The highest BCUT2D eigenvalue weighted by molar-refractivity contribution is 7.09. The molecule has 3 rings (SSSR count). The molecule has 2 heterocycles. The second kappa shape index (κ2) is 10.5. The van der Waals surface area contributed by atoms with E-state index in [2.05, 4.69) is 14.7 Å². The lowest BCUT2D eigenvalue weighted by molar-refractivity contribution is 0.208. The minimum atomic E-state index is -0.225. The van der Waals surface area contributed by atoms with Gasteiger partial charge in [-0.1, -0.05) is 11.6 Å². The number of nitrogens with one attached hydrogen (secondary N) is 1. The number of hydrogen-bond acceptors (Lipinski definition) is 6. The number of carbonyl (C=O) groups excluding carboxylic acids is 1. The van der Waals surface area contributed by atoms with Gasteiger partial charge in [0.1, 0.15) is 11.6 Å². The number of hydrogen-bond donors (Lipinski definition) is 2. The number of halogens is 1. The number of piperidine rings is 1. The Hall–Kier alpha value is -2.52. The number of nitrogens with two attached hydrogens (primary N) is 1. The van der Waals surface area contributed by atoms with E-state index in [0.717, 1.165) is 43.5 Å². The average molecular weight is 433 g/mol. The number of rotatable bonds is 7. The first kappa shape index (κ1) is 22.2. The van der Waals surface area contributed by atoms with Gasteiger partial charge in [-0.3, -0.25) is 5.32 Å².